The average molecular weight is 446 g/mol. The molecule has 1 N–H and O–H groups in total. The number of benzene rings is 2. The molecule has 160 valence electrons. The van der Waals surface area contributed by atoms with E-state index < -0.39 is 24.3 Å². The molecular weight excluding hydrogens is 428 g/mol. The second kappa shape index (κ2) is 9.53. The number of aryl methyl sites for hydroxylation is 2. The summed E-state index contributed by atoms with van der Waals surface area (Å²) in [4.78, 5) is 23.8. The summed E-state index contributed by atoms with van der Waals surface area (Å²) < 4.78 is 33.2. The molecule has 0 spiro atoms. The van der Waals surface area contributed by atoms with Crippen molar-refractivity contribution in [3.8, 4) is 5.69 Å². The van der Waals surface area contributed by atoms with Gasteiger partial charge in [0.2, 0.25) is 0 Å². The lowest BCUT2D eigenvalue weighted by Crippen LogP contribution is -2.20. The summed E-state index contributed by atoms with van der Waals surface area (Å²) in [6.07, 6.45) is 2.51. The van der Waals surface area contributed by atoms with Crippen molar-refractivity contribution in [2.45, 2.75) is 13.8 Å². The smallest absolute Gasteiger partial charge is 0.331 e. The van der Waals surface area contributed by atoms with Crippen molar-refractivity contribution in [3.63, 3.8) is 0 Å². The molecule has 0 unspecified atom stereocenters. The molecule has 6 nitrogen and oxygen atoms in total. The second-order valence-electron chi connectivity index (χ2n) is 6.65. The number of hydrogen-bond acceptors (Lipinski definition) is 4. The van der Waals surface area contributed by atoms with Crippen LogP contribution in [0.5, 0.6) is 0 Å². The summed E-state index contributed by atoms with van der Waals surface area (Å²) in [5, 5.41) is 6.84. The van der Waals surface area contributed by atoms with Crippen LogP contribution in [0.2, 0.25) is 5.15 Å². The Morgan fingerprint density at radius 1 is 1.16 bits per heavy atom. The number of carbonyl (C=O) groups excluding carboxylic acids is 2. The molecule has 3 rings (SSSR count). The van der Waals surface area contributed by atoms with E-state index in [1.807, 2.05) is 0 Å². The van der Waals surface area contributed by atoms with E-state index in [4.69, 9.17) is 16.3 Å². The molecule has 0 aliphatic rings. The molecule has 31 heavy (non-hydrogen) atoms. The molecule has 2 aromatic carbocycles. The number of hydrogen-bond donors (Lipinski definition) is 1. The molecule has 0 saturated heterocycles. The number of aromatic nitrogens is 2. The van der Waals surface area contributed by atoms with Crippen LogP contribution in [0, 0.1) is 25.5 Å². The minimum Gasteiger partial charge on any atom is -0.452 e. The molecule has 0 radical (unpaired) electrons. The van der Waals surface area contributed by atoms with Gasteiger partial charge in [0.05, 0.1) is 17.1 Å². The molecule has 0 aliphatic carbocycles. The number of amides is 1. The van der Waals surface area contributed by atoms with Gasteiger partial charge in [-0.15, -0.1) is 0 Å². The average Bonchev–Trinajstić information content (AvgIpc) is 3.01. The van der Waals surface area contributed by atoms with E-state index in [2.05, 4.69) is 10.4 Å². The van der Waals surface area contributed by atoms with E-state index in [0.717, 1.165) is 6.08 Å². The Kier molecular flexibility index (Phi) is 6.81. The minimum atomic E-state index is -0.787. The van der Waals surface area contributed by atoms with Gasteiger partial charge in [-0.3, -0.25) is 4.79 Å². The van der Waals surface area contributed by atoms with Crippen LogP contribution < -0.4 is 5.32 Å². The normalized spacial score (nSPS) is 11.0. The maximum atomic E-state index is 13.8. The minimum absolute atomic E-state index is 0.00203. The van der Waals surface area contributed by atoms with E-state index in [1.165, 1.54) is 47.2 Å². The topological polar surface area (TPSA) is 73.2 Å². The summed E-state index contributed by atoms with van der Waals surface area (Å²) in [5.74, 6) is -2.43. The van der Waals surface area contributed by atoms with Gasteiger partial charge in [0, 0.05) is 11.6 Å². The van der Waals surface area contributed by atoms with Crippen molar-refractivity contribution in [1.82, 2.24) is 9.78 Å². The molecular formula is C22H18ClF2N3O3. The van der Waals surface area contributed by atoms with Crippen LogP contribution in [-0.4, -0.2) is 28.3 Å². The Balaban J connectivity index is 1.61. The van der Waals surface area contributed by atoms with Gasteiger partial charge in [0.15, 0.2) is 6.61 Å². The van der Waals surface area contributed by atoms with Gasteiger partial charge in [-0.2, -0.15) is 5.10 Å². The molecule has 3 aromatic rings. The van der Waals surface area contributed by atoms with Crippen LogP contribution in [0.4, 0.5) is 14.5 Å². The van der Waals surface area contributed by atoms with Crippen LogP contribution in [-0.2, 0) is 14.3 Å². The van der Waals surface area contributed by atoms with Crippen LogP contribution in [0.15, 0.2) is 48.5 Å². The standard InChI is InChI=1S/C22H18ClF2N3O3/c1-13-3-9-19(18(25)11-13)26-20(29)12-31-21(30)10-8-17-14(2)27-28(22(17)23)16-6-4-15(24)5-7-16/h3-11H,12H2,1-2H3,(H,26,29)/b10-8+. The first kappa shape index (κ1) is 22.2. The first-order valence-electron chi connectivity index (χ1n) is 9.16. The van der Waals surface area contributed by atoms with Gasteiger partial charge in [-0.25, -0.2) is 18.3 Å². The Hall–Kier alpha value is -3.52. The SMILES string of the molecule is Cc1ccc(NC(=O)COC(=O)/C=C/c2c(C)nn(-c3ccc(F)cc3)c2Cl)c(F)c1. The van der Waals surface area contributed by atoms with E-state index in [1.54, 1.807) is 19.9 Å². The second-order valence-corrected chi connectivity index (χ2v) is 7.01. The summed E-state index contributed by atoms with van der Waals surface area (Å²) in [6.45, 7) is 2.83. The van der Waals surface area contributed by atoms with Crippen LogP contribution in [0.1, 0.15) is 16.8 Å². The molecule has 1 amide bonds. The largest absolute Gasteiger partial charge is 0.452 e. The monoisotopic (exact) mass is 445 g/mol. The number of halogens is 3. The van der Waals surface area contributed by atoms with E-state index >= 15 is 0 Å². The predicted octanol–water partition coefficient (Wildman–Crippen LogP) is 4.62. The Morgan fingerprint density at radius 3 is 2.55 bits per heavy atom. The van der Waals surface area contributed by atoms with Gasteiger partial charge in [-0.05, 0) is 61.9 Å². The van der Waals surface area contributed by atoms with Gasteiger partial charge in [-0.1, -0.05) is 17.7 Å². The fourth-order valence-corrected chi connectivity index (χ4v) is 3.03. The maximum absolute atomic E-state index is 13.8. The number of carbonyl (C=O) groups is 2. The molecule has 1 aromatic heterocycles. The Bertz CT molecular complexity index is 1160. The molecule has 0 bridgehead atoms. The molecule has 9 heteroatoms. The highest BCUT2D eigenvalue weighted by molar-refractivity contribution is 6.31. The first-order chi connectivity index (χ1) is 14.7. The fraction of sp³-hybridized carbons (Fsp3) is 0.136. The quantitative estimate of drug-likeness (QED) is 0.444. The van der Waals surface area contributed by atoms with Crippen LogP contribution in [0.3, 0.4) is 0 Å². The summed E-state index contributed by atoms with van der Waals surface area (Å²) in [6, 6.07) is 9.95. The molecule has 0 fully saturated rings. The number of nitrogens with one attached hydrogen (secondary N) is 1. The highest BCUT2D eigenvalue weighted by atomic mass is 35.5. The lowest BCUT2D eigenvalue weighted by Gasteiger charge is -2.07. The number of esters is 1. The zero-order chi connectivity index (χ0) is 22.5. The number of rotatable bonds is 6. The van der Waals surface area contributed by atoms with Crippen LogP contribution >= 0.6 is 11.6 Å². The summed E-state index contributed by atoms with van der Waals surface area (Å²) >= 11 is 6.33. The van der Waals surface area contributed by atoms with Crippen molar-refractivity contribution in [2.75, 3.05) is 11.9 Å². The van der Waals surface area contributed by atoms with Crippen molar-refractivity contribution >= 4 is 35.2 Å². The lowest BCUT2D eigenvalue weighted by molar-refractivity contribution is -0.142. The predicted molar refractivity (Wildman–Crippen MR) is 113 cm³/mol. The number of anilines is 1. The van der Waals surface area contributed by atoms with Crippen molar-refractivity contribution in [3.05, 3.63) is 82.1 Å². The molecule has 0 saturated carbocycles. The van der Waals surface area contributed by atoms with Gasteiger partial charge >= 0.3 is 5.97 Å². The third-order valence-electron chi connectivity index (χ3n) is 4.25. The summed E-state index contributed by atoms with van der Waals surface area (Å²) in [7, 11) is 0. The lowest BCUT2D eigenvalue weighted by atomic mass is 10.2. The zero-order valence-electron chi connectivity index (χ0n) is 16.7. The first-order valence-corrected chi connectivity index (χ1v) is 9.54. The maximum Gasteiger partial charge on any atom is 0.331 e. The third kappa shape index (κ3) is 5.55. The van der Waals surface area contributed by atoms with E-state index in [9.17, 15) is 18.4 Å². The van der Waals surface area contributed by atoms with Crippen molar-refractivity contribution in [1.29, 1.82) is 0 Å². The van der Waals surface area contributed by atoms with Crippen molar-refractivity contribution in [2.24, 2.45) is 0 Å². The number of ether oxygens (including phenoxy) is 1. The van der Waals surface area contributed by atoms with E-state index in [-0.39, 0.29) is 16.7 Å². The molecule has 0 aliphatic heterocycles. The molecule has 0 atom stereocenters. The third-order valence-corrected chi connectivity index (χ3v) is 4.61. The highest BCUT2D eigenvalue weighted by Crippen LogP contribution is 2.25. The highest BCUT2D eigenvalue weighted by Gasteiger charge is 2.14. The zero-order valence-corrected chi connectivity index (χ0v) is 17.4. The van der Waals surface area contributed by atoms with E-state index in [0.29, 0.717) is 22.5 Å². The van der Waals surface area contributed by atoms with Crippen molar-refractivity contribution < 1.29 is 23.1 Å². The Morgan fingerprint density at radius 2 is 1.87 bits per heavy atom. The summed E-state index contributed by atoms with van der Waals surface area (Å²) in [5.41, 5.74) is 2.26. The number of nitrogens with zero attached hydrogens (tertiary/aromatic N) is 2. The Labute approximate surface area is 182 Å². The van der Waals surface area contributed by atoms with Gasteiger partial charge < -0.3 is 10.1 Å². The molecule has 1 heterocycles. The van der Waals surface area contributed by atoms with Gasteiger partial charge in [0.1, 0.15) is 16.8 Å². The van der Waals surface area contributed by atoms with Gasteiger partial charge in [0.25, 0.3) is 5.91 Å². The van der Waals surface area contributed by atoms with Crippen LogP contribution in [0.25, 0.3) is 11.8 Å². The fourth-order valence-electron chi connectivity index (χ4n) is 2.70.